The van der Waals surface area contributed by atoms with Crippen LogP contribution in [0.5, 0.6) is 0 Å². The van der Waals surface area contributed by atoms with Crippen molar-refractivity contribution in [3.63, 3.8) is 0 Å². The molecule has 0 spiro atoms. The number of fused-ring (bicyclic) bond motifs is 1. The van der Waals surface area contributed by atoms with Gasteiger partial charge in [-0.1, -0.05) is 37.5 Å². The molecule has 1 saturated carbocycles. The number of hydrogen-bond acceptors (Lipinski definition) is 2. The van der Waals surface area contributed by atoms with Crippen molar-refractivity contribution >= 4 is 22.5 Å². The summed E-state index contributed by atoms with van der Waals surface area (Å²) in [4.78, 5) is 16.6. The number of urea groups is 1. The lowest BCUT2D eigenvalue weighted by Crippen LogP contribution is -2.39. The highest BCUT2D eigenvalue weighted by molar-refractivity contribution is 5.92. The van der Waals surface area contributed by atoms with Crippen LogP contribution in [0.25, 0.3) is 21.9 Å². The fourth-order valence-electron chi connectivity index (χ4n) is 3.86. The molecule has 4 rings (SSSR count). The van der Waals surface area contributed by atoms with Crippen LogP contribution in [-0.2, 0) is 0 Å². The molecule has 4 nitrogen and oxygen atoms in total. The average Bonchev–Trinajstić information content (AvgIpc) is 2.70. The molecule has 0 radical (unpaired) electrons. The van der Waals surface area contributed by atoms with Crippen molar-refractivity contribution in [1.29, 1.82) is 0 Å². The Kier molecular flexibility index (Phi) is 5.05. The van der Waals surface area contributed by atoms with E-state index in [2.05, 4.69) is 46.8 Å². The van der Waals surface area contributed by atoms with Crippen LogP contribution in [0.15, 0.2) is 54.9 Å². The topological polar surface area (TPSA) is 54.0 Å². The Balaban J connectivity index is 1.54. The van der Waals surface area contributed by atoms with Crippen molar-refractivity contribution in [2.75, 3.05) is 5.32 Å². The van der Waals surface area contributed by atoms with Crippen LogP contribution >= 0.6 is 0 Å². The van der Waals surface area contributed by atoms with Gasteiger partial charge in [-0.25, -0.2) is 4.79 Å². The molecule has 2 aromatic carbocycles. The van der Waals surface area contributed by atoms with Crippen molar-refractivity contribution in [1.82, 2.24) is 10.3 Å². The molecule has 0 unspecified atom stereocenters. The molecular formula is C23H25N3O. The molecule has 138 valence electrons. The number of pyridine rings is 1. The van der Waals surface area contributed by atoms with Gasteiger partial charge in [-0.15, -0.1) is 0 Å². The van der Waals surface area contributed by atoms with Gasteiger partial charge in [0.05, 0.1) is 0 Å². The summed E-state index contributed by atoms with van der Waals surface area (Å²) in [6.45, 7) is 2.09. The molecule has 2 amide bonds. The zero-order valence-corrected chi connectivity index (χ0v) is 15.7. The second kappa shape index (κ2) is 7.78. The lowest BCUT2D eigenvalue weighted by molar-refractivity contribution is 0.244. The van der Waals surface area contributed by atoms with Crippen LogP contribution < -0.4 is 10.6 Å². The van der Waals surface area contributed by atoms with Crippen LogP contribution in [0.4, 0.5) is 10.5 Å². The van der Waals surface area contributed by atoms with Crippen molar-refractivity contribution in [2.24, 2.45) is 0 Å². The molecule has 0 atom stereocenters. The Morgan fingerprint density at radius 1 is 1.00 bits per heavy atom. The lowest BCUT2D eigenvalue weighted by Gasteiger charge is -2.23. The molecular weight excluding hydrogens is 334 g/mol. The maximum absolute atomic E-state index is 12.4. The Morgan fingerprint density at radius 2 is 1.85 bits per heavy atom. The summed E-state index contributed by atoms with van der Waals surface area (Å²) in [6.07, 6.45) is 9.54. The number of carbonyl (C=O) groups is 1. The number of anilines is 1. The summed E-state index contributed by atoms with van der Waals surface area (Å²) in [6, 6.07) is 14.7. The van der Waals surface area contributed by atoms with Gasteiger partial charge in [0.1, 0.15) is 0 Å². The normalized spacial score (nSPS) is 14.9. The molecule has 27 heavy (non-hydrogen) atoms. The Morgan fingerprint density at radius 3 is 2.70 bits per heavy atom. The number of nitrogens with one attached hydrogen (secondary N) is 2. The first-order valence-electron chi connectivity index (χ1n) is 9.71. The molecule has 4 heteroatoms. The van der Waals surface area contributed by atoms with Crippen LogP contribution in [0.2, 0.25) is 0 Å². The van der Waals surface area contributed by atoms with Gasteiger partial charge in [-0.05, 0) is 66.1 Å². The van der Waals surface area contributed by atoms with E-state index in [-0.39, 0.29) is 6.03 Å². The quantitative estimate of drug-likeness (QED) is 0.633. The summed E-state index contributed by atoms with van der Waals surface area (Å²) in [7, 11) is 0. The summed E-state index contributed by atoms with van der Waals surface area (Å²) in [5.74, 6) is 0. The molecule has 3 aromatic rings. The number of carbonyl (C=O) groups excluding carboxylic acids is 1. The van der Waals surface area contributed by atoms with Gasteiger partial charge in [-0.2, -0.15) is 0 Å². The Bertz CT molecular complexity index is 961. The minimum Gasteiger partial charge on any atom is -0.335 e. The first kappa shape index (κ1) is 17.5. The van der Waals surface area contributed by atoms with Gasteiger partial charge in [0.2, 0.25) is 0 Å². The van der Waals surface area contributed by atoms with Gasteiger partial charge < -0.3 is 10.6 Å². The molecule has 1 fully saturated rings. The maximum Gasteiger partial charge on any atom is 0.319 e. The van der Waals surface area contributed by atoms with Gasteiger partial charge >= 0.3 is 6.03 Å². The first-order chi connectivity index (χ1) is 13.2. The predicted octanol–water partition coefficient (Wildman–Crippen LogP) is 5.66. The summed E-state index contributed by atoms with van der Waals surface area (Å²) < 4.78 is 0. The highest BCUT2D eigenvalue weighted by Crippen LogP contribution is 2.29. The molecule has 1 heterocycles. The van der Waals surface area contributed by atoms with Crippen molar-refractivity contribution in [2.45, 2.75) is 45.1 Å². The lowest BCUT2D eigenvalue weighted by atomic mass is 9.96. The highest BCUT2D eigenvalue weighted by atomic mass is 16.2. The molecule has 1 aromatic heterocycles. The fraction of sp³-hybridized carbons (Fsp3) is 0.304. The van der Waals surface area contributed by atoms with E-state index in [0.717, 1.165) is 35.0 Å². The van der Waals surface area contributed by atoms with Gasteiger partial charge in [0.25, 0.3) is 0 Å². The Labute approximate surface area is 160 Å². The smallest absolute Gasteiger partial charge is 0.319 e. The van der Waals surface area contributed by atoms with E-state index in [9.17, 15) is 4.79 Å². The number of aromatic nitrogens is 1. The zero-order chi connectivity index (χ0) is 18.6. The maximum atomic E-state index is 12.4. The van der Waals surface area contributed by atoms with Gasteiger partial charge in [0, 0.05) is 29.5 Å². The third-order valence-electron chi connectivity index (χ3n) is 5.39. The third kappa shape index (κ3) is 4.11. The number of aryl methyl sites for hydroxylation is 1. The second-order valence-electron chi connectivity index (χ2n) is 7.40. The molecule has 0 bridgehead atoms. The number of nitrogens with zero attached hydrogens (tertiary/aromatic N) is 1. The van der Waals surface area contributed by atoms with Crippen LogP contribution in [0, 0.1) is 6.92 Å². The van der Waals surface area contributed by atoms with Gasteiger partial charge in [0.15, 0.2) is 0 Å². The van der Waals surface area contributed by atoms with E-state index in [1.54, 1.807) is 0 Å². The van der Waals surface area contributed by atoms with E-state index in [1.165, 1.54) is 30.2 Å². The Hall–Kier alpha value is -2.88. The highest BCUT2D eigenvalue weighted by Gasteiger charge is 2.16. The van der Waals surface area contributed by atoms with E-state index in [4.69, 9.17) is 0 Å². The van der Waals surface area contributed by atoms with E-state index in [0.29, 0.717) is 6.04 Å². The second-order valence-corrected chi connectivity index (χ2v) is 7.40. The van der Waals surface area contributed by atoms with E-state index in [1.807, 2.05) is 30.6 Å². The molecule has 0 aliphatic heterocycles. The molecule has 1 aliphatic carbocycles. The summed E-state index contributed by atoms with van der Waals surface area (Å²) in [5.41, 5.74) is 4.24. The molecule has 0 saturated heterocycles. The fourth-order valence-corrected chi connectivity index (χ4v) is 3.86. The number of amides is 2. The molecule has 1 aliphatic rings. The van der Waals surface area contributed by atoms with E-state index >= 15 is 0 Å². The summed E-state index contributed by atoms with van der Waals surface area (Å²) >= 11 is 0. The van der Waals surface area contributed by atoms with Gasteiger partial charge in [-0.3, -0.25) is 4.98 Å². The third-order valence-corrected chi connectivity index (χ3v) is 5.39. The summed E-state index contributed by atoms with van der Waals surface area (Å²) in [5, 5.41) is 8.40. The minimum absolute atomic E-state index is 0.112. The SMILES string of the molecule is Cc1ccc(NC(=O)NC2CCCCC2)cc1-c1ccc2ccncc2c1. The monoisotopic (exact) mass is 359 g/mol. The average molecular weight is 359 g/mol. The number of rotatable bonds is 3. The van der Waals surface area contributed by atoms with Crippen molar-refractivity contribution in [3.8, 4) is 11.1 Å². The number of benzene rings is 2. The van der Waals surface area contributed by atoms with Crippen LogP contribution in [-0.4, -0.2) is 17.1 Å². The van der Waals surface area contributed by atoms with Crippen LogP contribution in [0.3, 0.4) is 0 Å². The first-order valence-corrected chi connectivity index (χ1v) is 9.71. The van der Waals surface area contributed by atoms with Crippen molar-refractivity contribution in [3.05, 3.63) is 60.4 Å². The van der Waals surface area contributed by atoms with E-state index < -0.39 is 0 Å². The minimum atomic E-state index is -0.112. The van der Waals surface area contributed by atoms with Crippen LogP contribution in [0.1, 0.15) is 37.7 Å². The predicted molar refractivity (Wildman–Crippen MR) is 111 cm³/mol. The van der Waals surface area contributed by atoms with Crippen molar-refractivity contribution < 1.29 is 4.79 Å². The number of hydrogen-bond donors (Lipinski definition) is 2. The largest absolute Gasteiger partial charge is 0.335 e. The standard InChI is InChI=1S/C23H25N3O/c1-16-7-10-21(26-23(27)25-20-5-3-2-4-6-20)14-22(16)18-9-8-17-11-12-24-15-19(17)13-18/h7-15,20H,2-6H2,1H3,(H2,25,26,27). The zero-order valence-electron chi connectivity index (χ0n) is 15.7. The molecule has 2 N–H and O–H groups in total.